The number of nitrogens with zero attached hydrogens (tertiary/aromatic N) is 4. The maximum absolute atomic E-state index is 10.4. The lowest BCUT2D eigenvalue weighted by molar-refractivity contribution is 0.106. The molecule has 0 aromatic carbocycles. The van der Waals surface area contributed by atoms with E-state index in [0.717, 1.165) is 44.0 Å². The summed E-state index contributed by atoms with van der Waals surface area (Å²) in [7, 11) is 0. The average Bonchev–Trinajstić information content (AvgIpc) is 3.10. The van der Waals surface area contributed by atoms with Gasteiger partial charge in [-0.3, -0.25) is 4.90 Å². The van der Waals surface area contributed by atoms with Gasteiger partial charge in [-0.1, -0.05) is 113 Å². The van der Waals surface area contributed by atoms with Gasteiger partial charge in [0.1, 0.15) is 0 Å². The fourth-order valence-electron chi connectivity index (χ4n) is 5.24. The highest BCUT2D eigenvalue weighted by atomic mass is 16.3. The Hall–Kier alpha value is -3.35. The molecule has 6 nitrogen and oxygen atoms in total. The van der Waals surface area contributed by atoms with Crippen LogP contribution >= 0.6 is 0 Å². The quantitative estimate of drug-likeness (QED) is 0.220. The summed E-state index contributed by atoms with van der Waals surface area (Å²) in [6.45, 7) is 38.3. The number of piperidine rings is 1. The molecule has 2 saturated heterocycles. The minimum atomic E-state index is 0.242. The second-order valence-electron chi connectivity index (χ2n) is 11.8. The fraction of sp³-hybridized carbons (Fsp3) is 0.537. The maximum atomic E-state index is 10.4. The number of anilines is 1. The molecule has 264 valence electrons. The number of likely N-dealkylation sites (tertiary alicyclic amines) is 1. The van der Waals surface area contributed by atoms with Gasteiger partial charge in [-0.2, -0.15) is 0 Å². The molecular formula is C41H69N5O. The van der Waals surface area contributed by atoms with Crippen molar-refractivity contribution in [2.75, 3.05) is 57.3 Å². The van der Waals surface area contributed by atoms with Crippen LogP contribution in [0.3, 0.4) is 0 Å². The molecule has 1 aromatic rings. The summed E-state index contributed by atoms with van der Waals surface area (Å²) in [4.78, 5) is 11.9. The van der Waals surface area contributed by atoms with Crippen LogP contribution in [0.1, 0.15) is 93.6 Å². The average molecular weight is 648 g/mol. The highest BCUT2D eigenvalue weighted by Gasteiger charge is 2.28. The van der Waals surface area contributed by atoms with Crippen molar-refractivity contribution in [1.29, 1.82) is 0 Å². The van der Waals surface area contributed by atoms with Crippen LogP contribution in [0.2, 0.25) is 0 Å². The molecular weight excluding hydrogens is 578 g/mol. The smallest absolute Gasteiger partial charge is 0.171 e. The number of pyridine rings is 1. The van der Waals surface area contributed by atoms with Crippen LogP contribution in [0, 0.1) is 0 Å². The van der Waals surface area contributed by atoms with E-state index in [0.29, 0.717) is 11.9 Å². The Morgan fingerprint density at radius 3 is 2.11 bits per heavy atom. The third-order valence-electron chi connectivity index (χ3n) is 8.08. The molecule has 0 spiro atoms. The van der Waals surface area contributed by atoms with Crippen LogP contribution in [-0.4, -0.2) is 78.3 Å². The minimum Gasteiger partial charge on any atom is -0.504 e. The first-order valence-corrected chi connectivity index (χ1v) is 17.9. The predicted molar refractivity (Wildman–Crippen MR) is 210 cm³/mol. The Morgan fingerprint density at radius 1 is 1.00 bits per heavy atom. The van der Waals surface area contributed by atoms with Gasteiger partial charge >= 0.3 is 0 Å². The van der Waals surface area contributed by atoms with Gasteiger partial charge in [-0.15, -0.1) is 0 Å². The predicted octanol–water partition coefficient (Wildman–Crippen LogP) is 9.56. The molecule has 47 heavy (non-hydrogen) atoms. The van der Waals surface area contributed by atoms with Gasteiger partial charge in [-0.05, 0) is 79.6 Å². The van der Waals surface area contributed by atoms with Crippen molar-refractivity contribution in [3.05, 3.63) is 96.8 Å². The number of nitrogens with one attached hydrogen (secondary N) is 1. The molecule has 3 heterocycles. The number of hydrogen-bond donors (Lipinski definition) is 2. The zero-order valence-corrected chi connectivity index (χ0v) is 31.6. The van der Waals surface area contributed by atoms with Crippen molar-refractivity contribution in [2.24, 2.45) is 0 Å². The van der Waals surface area contributed by atoms with E-state index in [4.69, 9.17) is 0 Å². The number of allylic oxidation sites excluding steroid dienone is 10. The van der Waals surface area contributed by atoms with Gasteiger partial charge in [0.25, 0.3) is 0 Å². The van der Waals surface area contributed by atoms with E-state index >= 15 is 0 Å². The van der Waals surface area contributed by atoms with E-state index in [1.165, 1.54) is 62.0 Å². The number of aromatic hydroxyl groups is 1. The third-order valence-corrected chi connectivity index (χ3v) is 8.08. The van der Waals surface area contributed by atoms with Crippen molar-refractivity contribution < 1.29 is 5.11 Å². The maximum Gasteiger partial charge on any atom is 0.171 e. The first-order chi connectivity index (χ1) is 22.6. The molecule has 2 fully saturated rings. The van der Waals surface area contributed by atoms with E-state index in [1.807, 2.05) is 39.8 Å². The molecule has 2 aliphatic rings. The lowest BCUT2D eigenvalue weighted by Crippen LogP contribution is -2.53. The van der Waals surface area contributed by atoms with Crippen LogP contribution in [0.15, 0.2) is 91.3 Å². The topological polar surface area (TPSA) is 54.9 Å². The second-order valence-corrected chi connectivity index (χ2v) is 11.8. The summed E-state index contributed by atoms with van der Waals surface area (Å²) in [5.74, 6) is 0.935. The van der Waals surface area contributed by atoms with Crippen molar-refractivity contribution in [3.63, 3.8) is 0 Å². The van der Waals surface area contributed by atoms with Crippen LogP contribution in [0.5, 0.6) is 5.75 Å². The monoisotopic (exact) mass is 648 g/mol. The van der Waals surface area contributed by atoms with Crippen LogP contribution in [0.4, 0.5) is 5.82 Å². The van der Waals surface area contributed by atoms with E-state index in [2.05, 4.69) is 104 Å². The lowest BCUT2D eigenvalue weighted by Gasteiger charge is -2.43. The van der Waals surface area contributed by atoms with Crippen LogP contribution in [0.25, 0.3) is 5.70 Å². The normalized spacial score (nSPS) is 16.1. The zero-order valence-electron chi connectivity index (χ0n) is 31.6. The van der Waals surface area contributed by atoms with Crippen LogP contribution < -0.4 is 10.2 Å². The zero-order chi connectivity index (χ0) is 35.6. The minimum absolute atomic E-state index is 0.242. The number of piperazine rings is 1. The molecule has 0 saturated carbocycles. The van der Waals surface area contributed by atoms with Crippen molar-refractivity contribution in [1.82, 2.24) is 20.1 Å². The molecule has 0 aliphatic carbocycles. The molecule has 2 aliphatic heterocycles. The Morgan fingerprint density at radius 2 is 1.64 bits per heavy atom. The third kappa shape index (κ3) is 18.0. The van der Waals surface area contributed by atoms with Gasteiger partial charge in [0, 0.05) is 56.2 Å². The molecule has 3 rings (SSSR count). The standard InChI is InChI=1S/C20H33N5O.C10H16.C9H14.C2H6/c1-4-21-16(3)17-14-19(26)20(22-15-17)25-12-10-24(11-13-25)18-6-8-23(5-2)9-7-18;1-4-7-9-10(6-3)8-5-2;1-5-9(4)7-6-8(2)3;1-2/h14-15,18,21,26H,3-13H2,1-2H3;4,6-7,9H,1,5,8H2,2-3H3;5-7H,1H2,2-4H3;1-2H3/b;9-7-,10-6-;9-7-;. The van der Waals surface area contributed by atoms with E-state index in [-0.39, 0.29) is 5.75 Å². The summed E-state index contributed by atoms with van der Waals surface area (Å²) in [6, 6.07) is 2.48. The number of rotatable bonds is 12. The summed E-state index contributed by atoms with van der Waals surface area (Å²) >= 11 is 0. The highest BCUT2D eigenvalue weighted by molar-refractivity contribution is 5.65. The molecule has 6 heteroatoms. The van der Waals surface area contributed by atoms with Crippen LogP contribution in [-0.2, 0) is 0 Å². The summed E-state index contributed by atoms with van der Waals surface area (Å²) in [6.07, 6.45) is 20.7. The Balaban J connectivity index is 0.000000832. The lowest BCUT2D eigenvalue weighted by atomic mass is 10.0. The summed E-state index contributed by atoms with van der Waals surface area (Å²) < 4.78 is 0. The van der Waals surface area contributed by atoms with Gasteiger partial charge in [0.15, 0.2) is 11.6 Å². The highest BCUT2D eigenvalue weighted by Crippen LogP contribution is 2.29. The first kappa shape index (κ1) is 43.6. The first-order valence-electron chi connectivity index (χ1n) is 17.9. The molecule has 0 amide bonds. The SMILES string of the molecule is C=C(NCC)c1cnc(N2CCN(C3CCN(CC)CC3)CC2)c(O)c1.C=C/C(C)=C\C=C(C)C.C=C/C=C\C(=C/C)CCC.CC. The Kier molecular flexibility index (Phi) is 24.8. The Labute approximate surface area is 290 Å². The van der Waals surface area contributed by atoms with Gasteiger partial charge < -0.3 is 20.2 Å². The van der Waals surface area contributed by atoms with Crippen molar-refractivity contribution >= 4 is 11.5 Å². The molecule has 0 bridgehead atoms. The van der Waals surface area contributed by atoms with Gasteiger partial charge in [0.05, 0.1) is 0 Å². The van der Waals surface area contributed by atoms with Crippen molar-refractivity contribution in [3.8, 4) is 5.75 Å². The molecule has 1 aromatic heterocycles. The number of aromatic nitrogens is 1. The van der Waals surface area contributed by atoms with Gasteiger partial charge in [-0.25, -0.2) is 4.98 Å². The number of hydrogen-bond acceptors (Lipinski definition) is 6. The molecule has 2 N–H and O–H groups in total. The van der Waals surface area contributed by atoms with Crippen molar-refractivity contribution in [2.45, 2.75) is 94.0 Å². The van der Waals surface area contributed by atoms with E-state index < -0.39 is 0 Å². The summed E-state index contributed by atoms with van der Waals surface area (Å²) in [5, 5.41) is 13.6. The molecule has 0 unspecified atom stereocenters. The van der Waals surface area contributed by atoms with Gasteiger partial charge in [0.2, 0.25) is 0 Å². The second kappa shape index (κ2) is 26.7. The van der Waals surface area contributed by atoms with E-state index in [9.17, 15) is 5.11 Å². The largest absolute Gasteiger partial charge is 0.504 e. The Bertz CT molecular complexity index is 1140. The summed E-state index contributed by atoms with van der Waals surface area (Å²) in [5.41, 5.74) is 5.55. The fourth-order valence-corrected chi connectivity index (χ4v) is 5.24. The molecule has 0 radical (unpaired) electrons. The van der Waals surface area contributed by atoms with E-state index in [1.54, 1.807) is 18.3 Å². The molecule has 0 atom stereocenters.